The van der Waals surface area contributed by atoms with Crippen LogP contribution in [0.1, 0.15) is 54.0 Å². The van der Waals surface area contributed by atoms with Crippen molar-refractivity contribution >= 4 is 0 Å². The Kier molecular flexibility index (Phi) is 8.68. The third kappa shape index (κ3) is 7.02. The Bertz CT molecular complexity index is 1220. The maximum Gasteiger partial charge on any atom is 0.126 e. The summed E-state index contributed by atoms with van der Waals surface area (Å²) in [5.41, 5.74) is 8.35. The Balaban J connectivity index is 1.32. The molecule has 1 heteroatoms. The number of hydrogen-bond donors (Lipinski definition) is 0. The minimum Gasteiger partial charge on any atom is -0.207 e. The first-order chi connectivity index (χ1) is 17.1. The Morgan fingerprint density at radius 2 is 1.29 bits per heavy atom. The molecule has 0 nitrogen and oxygen atoms in total. The third-order valence-corrected chi connectivity index (χ3v) is 6.79. The van der Waals surface area contributed by atoms with Gasteiger partial charge < -0.3 is 0 Å². The van der Waals surface area contributed by atoms with Gasteiger partial charge in [-0.1, -0.05) is 110 Å². The minimum absolute atomic E-state index is 0.0797. The summed E-state index contributed by atoms with van der Waals surface area (Å²) in [5, 5.41) is 0. The van der Waals surface area contributed by atoms with Crippen LogP contribution < -0.4 is 0 Å². The summed E-state index contributed by atoms with van der Waals surface area (Å²) in [5.74, 6) is 0.424. The van der Waals surface area contributed by atoms with Gasteiger partial charge in [0.05, 0.1) is 0 Å². The zero-order valence-electron chi connectivity index (χ0n) is 20.9. The molecule has 178 valence electrons. The van der Waals surface area contributed by atoms with Crippen LogP contribution in [0.5, 0.6) is 0 Å². The van der Waals surface area contributed by atoms with Gasteiger partial charge in [-0.3, -0.25) is 0 Å². The highest BCUT2D eigenvalue weighted by atomic mass is 19.1. The maximum atomic E-state index is 14.4. The molecule has 0 aliphatic carbocycles. The first-order valence-corrected chi connectivity index (χ1v) is 12.7. The van der Waals surface area contributed by atoms with Gasteiger partial charge in [-0.05, 0) is 90.0 Å². The second-order valence-electron chi connectivity index (χ2n) is 9.44. The molecule has 0 bridgehead atoms. The normalized spacial score (nSPS) is 12.2. The van der Waals surface area contributed by atoms with E-state index in [1.54, 1.807) is 6.07 Å². The lowest BCUT2D eigenvalue weighted by atomic mass is 9.92. The molecule has 0 aliphatic rings. The molecule has 0 aromatic heterocycles. The molecule has 0 radical (unpaired) electrons. The SMILES string of the molecule is C/C=C/CCc1ccc(CCc2ccc(-c3ccc(C[C@H](C)c4ccccc4)cc3)cc2)cc1F. The standard InChI is InChI=1S/C34H35F/c1-3-4-6-11-33-23-18-29(25-34(33)35)13-12-27-14-19-31(20-15-27)32-21-16-28(17-22-32)24-26(2)30-9-7-5-8-10-30/h3-5,7-10,14-23,25-26H,6,11-13,24H2,1-2H3/b4-3+/t26-/m0/s1. The molecule has 0 heterocycles. The van der Waals surface area contributed by atoms with Crippen molar-refractivity contribution in [3.63, 3.8) is 0 Å². The van der Waals surface area contributed by atoms with Crippen LogP contribution in [-0.2, 0) is 25.7 Å². The van der Waals surface area contributed by atoms with Gasteiger partial charge in [0.25, 0.3) is 0 Å². The molecular formula is C34H35F. The van der Waals surface area contributed by atoms with Gasteiger partial charge in [0.1, 0.15) is 5.82 Å². The fourth-order valence-corrected chi connectivity index (χ4v) is 4.59. The Labute approximate surface area is 210 Å². The average Bonchev–Trinajstić information content (AvgIpc) is 2.90. The van der Waals surface area contributed by atoms with E-state index in [2.05, 4.69) is 97.9 Å². The zero-order chi connectivity index (χ0) is 24.5. The monoisotopic (exact) mass is 462 g/mol. The van der Waals surface area contributed by atoms with E-state index in [-0.39, 0.29) is 5.82 Å². The summed E-state index contributed by atoms with van der Waals surface area (Å²) in [7, 11) is 0. The van der Waals surface area contributed by atoms with E-state index >= 15 is 0 Å². The number of halogens is 1. The second-order valence-corrected chi connectivity index (χ2v) is 9.44. The molecule has 1 atom stereocenters. The van der Waals surface area contributed by atoms with E-state index in [1.165, 1.54) is 27.8 Å². The molecular weight excluding hydrogens is 427 g/mol. The van der Waals surface area contributed by atoms with Crippen LogP contribution in [0.4, 0.5) is 4.39 Å². The van der Waals surface area contributed by atoms with Crippen molar-refractivity contribution in [3.8, 4) is 11.1 Å². The largest absolute Gasteiger partial charge is 0.207 e. The molecule has 0 spiro atoms. The molecule has 4 rings (SSSR count). The Morgan fingerprint density at radius 1 is 0.686 bits per heavy atom. The van der Waals surface area contributed by atoms with Crippen molar-refractivity contribution in [1.29, 1.82) is 0 Å². The molecule has 4 aromatic rings. The molecule has 0 fully saturated rings. The molecule has 0 saturated carbocycles. The summed E-state index contributed by atoms with van der Waals surface area (Å²) in [4.78, 5) is 0. The van der Waals surface area contributed by atoms with Crippen LogP contribution in [0.2, 0.25) is 0 Å². The number of hydrogen-bond acceptors (Lipinski definition) is 0. The van der Waals surface area contributed by atoms with Crippen molar-refractivity contribution in [3.05, 3.63) is 143 Å². The zero-order valence-corrected chi connectivity index (χ0v) is 20.9. The van der Waals surface area contributed by atoms with Gasteiger partial charge in [0.2, 0.25) is 0 Å². The quantitative estimate of drug-likeness (QED) is 0.206. The van der Waals surface area contributed by atoms with Crippen molar-refractivity contribution in [2.24, 2.45) is 0 Å². The fourth-order valence-electron chi connectivity index (χ4n) is 4.59. The summed E-state index contributed by atoms with van der Waals surface area (Å²) in [6.45, 7) is 4.28. The van der Waals surface area contributed by atoms with E-state index in [0.29, 0.717) is 5.92 Å². The van der Waals surface area contributed by atoms with Crippen LogP contribution in [0.15, 0.2) is 109 Å². The van der Waals surface area contributed by atoms with Gasteiger partial charge in [0, 0.05) is 0 Å². The minimum atomic E-state index is -0.0797. The highest BCUT2D eigenvalue weighted by molar-refractivity contribution is 5.64. The van der Waals surface area contributed by atoms with E-state index in [9.17, 15) is 4.39 Å². The maximum absolute atomic E-state index is 14.4. The van der Waals surface area contributed by atoms with Gasteiger partial charge in [-0.2, -0.15) is 0 Å². The third-order valence-electron chi connectivity index (χ3n) is 6.79. The number of rotatable bonds is 10. The van der Waals surface area contributed by atoms with Gasteiger partial charge in [-0.15, -0.1) is 0 Å². The van der Waals surface area contributed by atoms with Crippen molar-refractivity contribution in [1.82, 2.24) is 0 Å². The number of aryl methyl sites for hydroxylation is 3. The van der Waals surface area contributed by atoms with E-state index < -0.39 is 0 Å². The molecule has 0 N–H and O–H groups in total. The van der Waals surface area contributed by atoms with Gasteiger partial charge in [0.15, 0.2) is 0 Å². The second kappa shape index (κ2) is 12.3. The average molecular weight is 463 g/mol. The predicted octanol–water partition coefficient (Wildman–Crippen LogP) is 9.13. The molecule has 0 amide bonds. The van der Waals surface area contributed by atoms with Crippen molar-refractivity contribution < 1.29 is 4.39 Å². The molecule has 4 aromatic carbocycles. The van der Waals surface area contributed by atoms with Crippen molar-refractivity contribution in [2.75, 3.05) is 0 Å². The highest BCUT2D eigenvalue weighted by Gasteiger charge is 2.07. The number of allylic oxidation sites excluding steroid dienone is 2. The fraction of sp³-hybridized carbons (Fsp3) is 0.235. The van der Waals surface area contributed by atoms with Crippen LogP contribution in [0.3, 0.4) is 0 Å². The lowest BCUT2D eigenvalue weighted by Gasteiger charge is -2.12. The van der Waals surface area contributed by atoms with Crippen LogP contribution in [0, 0.1) is 5.82 Å². The molecule has 0 aliphatic heterocycles. The van der Waals surface area contributed by atoms with E-state index in [1.807, 2.05) is 19.1 Å². The first-order valence-electron chi connectivity index (χ1n) is 12.7. The lowest BCUT2D eigenvalue weighted by molar-refractivity contribution is 0.607. The Morgan fingerprint density at radius 3 is 1.91 bits per heavy atom. The van der Waals surface area contributed by atoms with Crippen LogP contribution >= 0.6 is 0 Å². The molecule has 0 unspecified atom stereocenters. The highest BCUT2D eigenvalue weighted by Crippen LogP contribution is 2.24. The molecule has 35 heavy (non-hydrogen) atoms. The first kappa shape index (κ1) is 24.7. The van der Waals surface area contributed by atoms with E-state index in [4.69, 9.17) is 0 Å². The van der Waals surface area contributed by atoms with E-state index in [0.717, 1.165) is 43.2 Å². The van der Waals surface area contributed by atoms with Crippen LogP contribution in [0.25, 0.3) is 11.1 Å². The lowest BCUT2D eigenvalue weighted by Crippen LogP contribution is -1.98. The number of benzene rings is 4. The topological polar surface area (TPSA) is 0 Å². The summed E-state index contributed by atoms with van der Waals surface area (Å²) in [6.07, 6.45) is 8.53. The molecule has 0 saturated heterocycles. The predicted molar refractivity (Wildman–Crippen MR) is 147 cm³/mol. The summed E-state index contributed by atoms with van der Waals surface area (Å²) >= 11 is 0. The summed E-state index contributed by atoms with van der Waals surface area (Å²) in [6, 6.07) is 34.2. The summed E-state index contributed by atoms with van der Waals surface area (Å²) < 4.78 is 14.4. The van der Waals surface area contributed by atoms with Gasteiger partial charge >= 0.3 is 0 Å². The van der Waals surface area contributed by atoms with Gasteiger partial charge in [-0.25, -0.2) is 4.39 Å². The van der Waals surface area contributed by atoms with Crippen molar-refractivity contribution in [2.45, 2.75) is 51.9 Å². The van der Waals surface area contributed by atoms with Crippen LogP contribution in [-0.4, -0.2) is 0 Å². The smallest absolute Gasteiger partial charge is 0.126 e. The Hall–Kier alpha value is -3.45.